The van der Waals surface area contributed by atoms with Crippen LogP contribution in [0.4, 0.5) is 0 Å². The predicted molar refractivity (Wildman–Crippen MR) is 101 cm³/mol. The molecule has 0 radical (unpaired) electrons. The summed E-state index contributed by atoms with van der Waals surface area (Å²) in [5.74, 6) is 2.22. The molecule has 1 atom stereocenters. The molecule has 25 heavy (non-hydrogen) atoms. The molecule has 0 spiro atoms. The number of benzene rings is 2. The lowest BCUT2D eigenvalue weighted by atomic mass is 10.1. The molecule has 0 bridgehead atoms. The summed E-state index contributed by atoms with van der Waals surface area (Å²) in [5.41, 5.74) is 1.17. The van der Waals surface area contributed by atoms with Crippen molar-refractivity contribution in [3.8, 4) is 17.2 Å². The zero-order chi connectivity index (χ0) is 18.1. The number of halogens is 1. The van der Waals surface area contributed by atoms with Gasteiger partial charge in [0.25, 0.3) is 0 Å². The Kier molecular flexibility index (Phi) is 8.04. The van der Waals surface area contributed by atoms with E-state index in [9.17, 15) is 5.11 Å². The van der Waals surface area contributed by atoms with E-state index in [-0.39, 0.29) is 6.61 Å². The minimum Gasteiger partial charge on any atom is -0.493 e. The van der Waals surface area contributed by atoms with Gasteiger partial charge in [-0.1, -0.05) is 28.1 Å². The first-order chi connectivity index (χ1) is 12.1. The number of nitrogens with two attached hydrogens (primary N) is 1. The second kappa shape index (κ2) is 10.3. The monoisotopic (exact) mass is 410 g/mol. The molecule has 2 aromatic rings. The van der Waals surface area contributed by atoms with E-state index in [1.807, 2.05) is 42.5 Å². The van der Waals surface area contributed by atoms with Crippen molar-refractivity contribution in [3.05, 3.63) is 52.5 Å². The van der Waals surface area contributed by atoms with Crippen molar-refractivity contribution in [2.24, 2.45) is 0 Å². The van der Waals surface area contributed by atoms with Gasteiger partial charge >= 0.3 is 0 Å². The third-order valence-electron chi connectivity index (χ3n) is 3.76. The minimum absolute atomic E-state index is 0.281. The van der Waals surface area contributed by atoms with Crippen molar-refractivity contribution in [1.29, 1.82) is 0 Å². The van der Waals surface area contributed by atoms with Crippen LogP contribution < -0.4 is 19.5 Å². The van der Waals surface area contributed by atoms with E-state index in [0.717, 1.165) is 34.7 Å². The van der Waals surface area contributed by atoms with Gasteiger partial charge < -0.3 is 24.6 Å². The fraction of sp³-hybridized carbons (Fsp3) is 0.368. The number of ether oxygens (including phenoxy) is 3. The van der Waals surface area contributed by atoms with E-state index in [2.05, 4.69) is 21.2 Å². The van der Waals surface area contributed by atoms with Gasteiger partial charge in [0.1, 0.15) is 25.0 Å². The van der Waals surface area contributed by atoms with Crippen LogP contribution in [0.3, 0.4) is 0 Å². The normalized spacial score (nSPS) is 11.8. The quantitative estimate of drug-likeness (QED) is 0.588. The van der Waals surface area contributed by atoms with Crippen LogP contribution in [0.15, 0.2) is 46.9 Å². The van der Waals surface area contributed by atoms with Gasteiger partial charge in [-0.05, 0) is 35.9 Å². The second-order valence-electron chi connectivity index (χ2n) is 5.67. The van der Waals surface area contributed by atoms with Crippen LogP contribution in [0, 0.1) is 0 Å². The first-order valence-corrected chi connectivity index (χ1v) is 9.00. The van der Waals surface area contributed by atoms with E-state index in [0.29, 0.717) is 6.54 Å². The van der Waals surface area contributed by atoms with Gasteiger partial charge in [-0.2, -0.15) is 0 Å². The van der Waals surface area contributed by atoms with Crippen molar-refractivity contribution in [3.63, 3.8) is 0 Å². The molecule has 0 heterocycles. The first-order valence-electron chi connectivity index (χ1n) is 8.21. The number of methoxy groups -OCH3 is 2. The highest BCUT2D eigenvalue weighted by atomic mass is 79.9. The summed E-state index contributed by atoms with van der Waals surface area (Å²) in [6.07, 6.45) is 0.379. The standard InChI is InChI=1S/C19H24BrNO4/c1-23-18-7-6-14(10-19(18)24-2)8-9-21-12-16(22)13-25-17-5-3-4-15(20)11-17/h3-7,10-11,16,21-22H,8-9,12-13H2,1-2H3/p+1/t16-/m0/s1. The molecule has 3 N–H and O–H groups in total. The molecule has 0 amide bonds. The van der Waals surface area contributed by atoms with Crippen molar-refractivity contribution in [2.75, 3.05) is 33.9 Å². The van der Waals surface area contributed by atoms with Crippen LogP contribution in [0.25, 0.3) is 0 Å². The molecule has 0 aromatic heterocycles. The van der Waals surface area contributed by atoms with Crippen LogP contribution in [-0.2, 0) is 6.42 Å². The Bertz CT molecular complexity index is 666. The van der Waals surface area contributed by atoms with E-state index < -0.39 is 6.10 Å². The number of hydrogen-bond acceptors (Lipinski definition) is 4. The number of aliphatic hydroxyl groups is 1. The molecule has 2 rings (SSSR count). The molecule has 0 saturated carbocycles. The molecular formula is C19H25BrNO4+. The highest BCUT2D eigenvalue weighted by Gasteiger charge is 2.09. The summed E-state index contributed by atoms with van der Waals surface area (Å²) < 4.78 is 17.1. The van der Waals surface area contributed by atoms with Crippen LogP contribution in [0.5, 0.6) is 17.2 Å². The lowest BCUT2D eigenvalue weighted by Gasteiger charge is -2.12. The van der Waals surface area contributed by atoms with Gasteiger partial charge in [0.05, 0.1) is 20.8 Å². The third-order valence-corrected chi connectivity index (χ3v) is 4.26. The van der Waals surface area contributed by atoms with E-state index >= 15 is 0 Å². The number of hydrogen-bond donors (Lipinski definition) is 2. The largest absolute Gasteiger partial charge is 0.493 e. The number of rotatable bonds is 10. The summed E-state index contributed by atoms with van der Waals surface area (Å²) in [7, 11) is 3.26. The molecule has 6 heteroatoms. The zero-order valence-electron chi connectivity index (χ0n) is 14.6. The maximum atomic E-state index is 10.0. The van der Waals surface area contributed by atoms with Crippen LogP contribution >= 0.6 is 15.9 Å². The Morgan fingerprint density at radius 1 is 1.08 bits per heavy atom. The van der Waals surface area contributed by atoms with Crippen molar-refractivity contribution in [2.45, 2.75) is 12.5 Å². The average Bonchev–Trinajstić information content (AvgIpc) is 2.63. The third kappa shape index (κ3) is 6.57. The summed E-state index contributed by atoms with van der Waals surface area (Å²) >= 11 is 3.40. The van der Waals surface area contributed by atoms with E-state index in [4.69, 9.17) is 14.2 Å². The number of aliphatic hydroxyl groups excluding tert-OH is 1. The maximum absolute atomic E-state index is 10.0. The first kappa shape index (κ1) is 19.6. The molecule has 0 unspecified atom stereocenters. The molecule has 0 fully saturated rings. The van der Waals surface area contributed by atoms with Gasteiger partial charge in [0.15, 0.2) is 11.5 Å². The highest BCUT2D eigenvalue weighted by molar-refractivity contribution is 9.10. The van der Waals surface area contributed by atoms with Crippen LogP contribution in [0.2, 0.25) is 0 Å². The smallest absolute Gasteiger partial charge is 0.160 e. The van der Waals surface area contributed by atoms with Crippen molar-refractivity contribution in [1.82, 2.24) is 0 Å². The second-order valence-corrected chi connectivity index (χ2v) is 6.59. The zero-order valence-corrected chi connectivity index (χ0v) is 16.2. The Balaban J connectivity index is 1.68. The van der Waals surface area contributed by atoms with Crippen molar-refractivity contribution < 1.29 is 24.6 Å². The molecule has 0 aliphatic rings. The molecular weight excluding hydrogens is 386 g/mol. The Hall–Kier alpha value is -1.76. The fourth-order valence-electron chi connectivity index (χ4n) is 2.43. The van der Waals surface area contributed by atoms with Crippen LogP contribution in [-0.4, -0.2) is 45.1 Å². The number of quaternary nitrogens is 1. The minimum atomic E-state index is -0.510. The summed E-state index contributed by atoms with van der Waals surface area (Å²) in [5, 5.41) is 12.1. The highest BCUT2D eigenvalue weighted by Crippen LogP contribution is 2.27. The van der Waals surface area contributed by atoms with Gasteiger partial charge in [-0.15, -0.1) is 0 Å². The molecule has 0 saturated heterocycles. The predicted octanol–water partition coefficient (Wildman–Crippen LogP) is 2.01. The molecule has 2 aromatic carbocycles. The van der Waals surface area contributed by atoms with E-state index in [1.165, 1.54) is 5.56 Å². The van der Waals surface area contributed by atoms with Gasteiger partial charge in [-0.25, -0.2) is 0 Å². The Morgan fingerprint density at radius 3 is 2.60 bits per heavy atom. The lowest BCUT2D eigenvalue weighted by Crippen LogP contribution is -2.87. The lowest BCUT2D eigenvalue weighted by molar-refractivity contribution is -0.660. The molecule has 5 nitrogen and oxygen atoms in total. The van der Waals surface area contributed by atoms with E-state index in [1.54, 1.807) is 14.2 Å². The summed E-state index contributed by atoms with van der Waals surface area (Å²) in [6, 6.07) is 13.5. The molecule has 136 valence electrons. The van der Waals surface area contributed by atoms with Gasteiger partial charge in [0.2, 0.25) is 0 Å². The van der Waals surface area contributed by atoms with Gasteiger partial charge in [0, 0.05) is 10.9 Å². The average molecular weight is 411 g/mol. The van der Waals surface area contributed by atoms with Gasteiger partial charge in [-0.3, -0.25) is 0 Å². The SMILES string of the molecule is COc1ccc(CC[NH2+]C[C@H](O)COc2cccc(Br)c2)cc1OC. The Labute approximate surface area is 157 Å². The maximum Gasteiger partial charge on any atom is 0.160 e. The van der Waals surface area contributed by atoms with Crippen molar-refractivity contribution >= 4 is 15.9 Å². The molecule has 0 aliphatic heterocycles. The fourth-order valence-corrected chi connectivity index (χ4v) is 2.81. The molecule has 0 aliphatic carbocycles. The summed E-state index contributed by atoms with van der Waals surface area (Å²) in [4.78, 5) is 0. The summed E-state index contributed by atoms with van der Waals surface area (Å²) in [6.45, 7) is 1.76. The topological polar surface area (TPSA) is 64.5 Å². The Morgan fingerprint density at radius 2 is 1.88 bits per heavy atom. The van der Waals surface area contributed by atoms with Crippen LogP contribution in [0.1, 0.15) is 5.56 Å².